The van der Waals surface area contributed by atoms with Crippen molar-refractivity contribution in [3.63, 3.8) is 0 Å². The number of benzene rings is 2. The molecular formula is C31H45N6O4S2+. The van der Waals surface area contributed by atoms with E-state index in [0.717, 1.165) is 33.9 Å². The maximum atomic E-state index is 13.0. The molecule has 2 aliphatic heterocycles. The van der Waals surface area contributed by atoms with Crippen molar-refractivity contribution in [2.75, 3.05) is 59.3 Å². The highest BCUT2D eigenvalue weighted by Gasteiger charge is 2.44. The van der Waals surface area contributed by atoms with Crippen LogP contribution < -0.4 is 20.1 Å². The third kappa shape index (κ3) is 6.22. The van der Waals surface area contributed by atoms with Gasteiger partial charge in [-0.2, -0.15) is 4.58 Å². The Morgan fingerprint density at radius 1 is 0.907 bits per heavy atom. The molecule has 0 radical (unpaired) electrons. The van der Waals surface area contributed by atoms with Gasteiger partial charge in [-0.3, -0.25) is 0 Å². The first kappa shape index (κ1) is 33.0. The lowest BCUT2D eigenvalue weighted by Crippen LogP contribution is -2.31. The van der Waals surface area contributed by atoms with Crippen molar-refractivity contribution >= 4 is 37.1 Å². The molecule has 0 saturated heterocycles. The molecule has 0 saturated carbocycles. The standard InChI is InChI=1S/C31H45N6O4S2/c1-30(2)24-20-22(42(38,39)33-17-16-32)12-14-26(24)36(7)28(30)10-9-11-29-31(3,4)25-21-23(13-15-27(25)37(29)8)43(40,41)34-18-19-35(5)6/h9-15,20-21,33-34H,16-19,32H2,1-8H3/q+1. The van der Waals surface area contributed by atoms with E-state index in [1.54, 1.807) is 24.3 Å². The molecule has 0 fully saturated rings. The van der Waals surface area contributed by atoms with Crippen LogP contribution in [0.5, 0.6) is 0 Å². The van der Waals surface area contributed by atoms with Crippen LogP contribution in [0.25, 0.3) is 0 Å². The van der Waals surface area contributed by atoms with E-state index < -0.39 is 30.9 Å². The van der Waals surface area contributed by atoms with Gasteiger partial charge >= 0.3 is 0 Å². The quantitative estimate of drug-likeness (QED) is 0.326. The number of hydrogen-bond donors (Lipinski definition) is 3. The third-order valence-electron chi connectivity index (χ3n) is 8.43. The monoisotopic (exact) mass is 629 g/mol. The number of allylic oxidation sites excluding steroid dienone is 4. The summed E-state index contributed by atoms with van der Waals surface area (Å²) in [6, 6.07) is 10.5. The number of fused-ring (bicyclic) bond motifs is 2. The molecule has 0 aliphatic carbocycles. The predicted molar refractivity (Wildman–Crippen MR) is 173 cm³/mol. The van der Waals surface area contributed by atoms with Gasteiger partial charge in [0.25, 0.3) is 0 Å². The van der Waals surface area contributed by atoms with Gasteiger partial charge in [0.1, 0.15) is 7.05 Å². The average molecular weight is 630 g/mol. The van der Waals surface area contributed by atoms with E-state index in [-0.39, 0.29) is 22.9 Å². The molecule has 0 amide bonds. The van der Waals surface area contributed by atoms with Crippen molar-refractivity contribution in [3.8, 4) is 0 Å². The normalized spacial score (nSPS) is 18.7. The van der Waals surface area contributed by atoms with Crippen molar-refractivity contribution in [1.29, 1.82) is 0 Å². The zero-order valence-corrected chi connectivity index (χ0v) is 28.0. The number of sulfonamides is 2. The second kappa shape index (κ2) is 11.9. The molecule has 0 spiro atoms. The maximum Gasteiger partial charge on any atom is 0.240 e. The van der Waals surface area contributed by atoms with Gasteiger partial charge in [-0.25, -0.2) is 26.3 Å². The summed E-state index contributed by atoms with van der Waals surface area (Å²) in [4.78, 5) is 4.50. The second-order valence-electron chi connectivity index (χ2n) is 12.4. The van der Waals surface area contributed by atoms with E-state index in [2.05, 4.69) is 58.8 Å². The number of hydrogen-bond acceptors (Lipinski definition) is 7. The van der Waals surface area contributed by atoms with Crippen LogP contribution in [0.15, 0.2) is 70.1 Å². The SMILES string of the molecule is CN(C)CCNS(=O)(=O)c1ccc2c(c1)C(C)(C)/C(=C/C=C/C1=[N+](C)c3ccc(S(=O)(=O)NCCN)cc3C1(C)C)N2C. The Bertz CT molecular complexity index is 1720. The summed E-state index contributed by atoms with van der Waals surface area (Å²) in [5.41, 5.74) is 10.5. The molecule has 0 unspecified atom stereocenters. The molecular weight excluding hydrogens is 585 g/mol. The Labute approximate surface area is 257 Å². The van der Waals surface area contributed by atoms with E-state index in [0.29, 0.717) is 13.1 Å². The predicted octanol–water partition coefficient (Wildman–Crippen LogP) is 2.64. The van der Waals surface area contributed by atoms with Crippen LogP contribution in [-0.4, -0.2) is 86.4 Å². The summed E-state index contributed by atoms with van der Waals surface area (Å²) in [7, 11) is 0.485. The van der Waals surface area contributed by atoms with E-state index in [4.69, 9.17) is 5.73 Å². The first-order valence-corrected chi connectivity index (χ1v) is 17.3. The van der Waals surface area contributed by atoms with E-state index in [9.17, 15) is 16.8 Å². The molecule has 2 aromatic rings. The summed E-state index contributed by atoms with van der Waals surface area (Å²) >= 11 is 0. The topological polar surface area (TPSA) is 128 Å². The first-order chi connectivity index (χ1) is 19.9. The zero-order chi connectivity index (χ0) is 32.0. The highest BCUT2D eigenvalue weighted by molar-refractivity contribution is 7.89. The van der Waals surface area contributed by atoms with Crippen LogP contribution in [0, 0.1) is 0 Å². The number of rotatable bonds is 11. The second-order valence-corrected chi connectivity index (χ2v) is 15.9. The number of nitrogens with two attached hydrogens (primary N) is 1. The van der Waals surface area contributed by atoms with Gasteiger partial charge in [0.2, 0.25) is 25.7 Å². The lowest BCUT2D eigenvalue weighted by atomic mass is 9.81. The fourth-order valence-electron chi connectivity index (χ4n) is 5.96. The van der Waals surface area contributed by atoms with E-state index in [1.165, 1.54) is 0 Å². The molecule has 10 nitrogen and oxygen atoms in total. The third-order valence-corrected chi connectivity index (χ3v) is 11.3. The Balaban J connectivity index is 1.62. The molecule has 234 valence electrons. The average Bonchev–Trinajstić information content (AvgIpc) is 3.24. The Morgan fingerprint density at radius 2 is 1.49 bits per heavy atom. The fraction of sp³-hybridized carbons (Fsp3) is 0.452. The molecule has 12 heteroatoms. The van der Waals surface area contributed by atoms with Crippen molar-refractivity contribution in [2.45, 2.75) is 48.3 Å². The Kier molecular flexibility index (Phi) is 9.14. The fourth-order valence-corrected chi connectivity index (χ4v) is 8.08. The summed E-state index contributed by atoms with van der Waals surface area (Å²) in [5.74, 6) is 0. The van der Waals surface area contributed by atoms with Crippen LogP contribution in [0.4, 0.5) is 11.4 Å². The summed E-state index contributed by atoms with van der Waals surface area (Å²) in [5, 5.41) is 0. The lowest BCUT2D eigenvalue weighted by Gasteiger charge is -2.23. The highest BCUT2D eigenvalue weighted by atomic mass is 32.2. The van der Waals surface area contributed by atoms with Gasteiger partial charge in [-0.15, -0.1) is 0 Å². The molecule has 43 heavy (non-hydrogen) atoms. The summed E-state index contributed by atoms with van der Waals surface area (Å²) in [6.45, 7) is 9.71. The number of likely N-dealkylation sites (N-methyl/N-ethyl adjacent to an activating group) is 2. The molecule has 0 bridgehead atoms. The molecule has 2 aliphatic rings. The Hall–Kier alpha value is -2.87. The van der Waals surface area contributed by atoms with E-state index >= 15 is 0 Å². The minimum Gasteiger partial charge on any atom is -0.347 e. The molecule has 4 rings (SSSR count). The lowest BCUT2D eigenvalue weighted by molar-refractivity contribution is -0.401. The van der Waals surface area contributed by atoms with E-state index in [1.807, 2.05) is 51.3 Å². The minimum atomic E-state index is -3.66. The molecule has 0 atom stereocenters. The largest absolute Gasteiger partial charge is 0.347 e. The highest BCUT2D eigenvalue weighted by Crippen LogP contribution is 2.47. The number of nitrogens with one attached hydrogen (secondary N) is 2. The zero-order valence-electron chi connectivity index (χ0n) is 26.4. The van der Waals surface area contributed by atoms with Crippen molar-refractivity contribution in [2.24, 2.45) is 5.73 Å². The number of nitrogens with zero attached hydrogens (tertiary/aromatic N) is 3. The minimum absolute atomic E-state index is 0.178. The van der Waals surface area contributed by atoms with Crippen molar-refractivity contribution in [3.05, 3.63) is 71.5 Å². The smallest absolute Gasteiger partial charge is 0.240 e. The maximum absolute atomic E-state index is 13.0. The van der Waals surface area contributed by atoms with Crippen molar-refractivity contribution < 1.29 is 21.4 Å². The van der Waals surface area contributed by atoms with Crippen LogP contribution in [-0.2, 0) is 30.9 Å². The van der Waals surface area contributed by atoms with Crippen LogP contribution in [0.2, 0.25) is 0 Å². The van der Waals surface area contributed by atoms with Crippen LogP contribution >= 0.6 is 0 Å². The summed E-state index contributed by atoms with van der Waals surface area (Å²) in [6.07, 6.45) is 6.14. The molecule has 0 aromatic heterocycles. The first-order valence-electron chi connectivity index (χ1n) is 14.3. The summed E-state index contributed by atoms with van der Waals surface area (Å²) < 4.78 is 58.8. The van der Waals surface area contributed by atoms with Gasteiger partial charge < -0.3 is 15.5 Å². The number of anilines is 1. The van der Waals surface area contributed by atoms with Gasteiger partial charge in [-0.1, -0.05) is 19.9 Å². The van der Waals surface area contributed by atoms with Crippen LogP contribution in [0.3, 0.4) is 0 Å². The van der Waals surface area contributed by atoms with Gasteiger partial charge in [0.15, 0.2) is 5.71 Å². The molecule has 4 N–H and O–H groups in total. The van der Waals surface area contributed by atoms with Gasteiger partial charge in [-0.05, 0) is 69.9 Å². The molecule has 2 heterocycles. The molecule has 2 aromatic carbocycles. The Morgan fingerprint density at radius 3 is 2.09 bits per heavy atom. The van der Waals surface area contributed by atoms with Crippen molar-refractivity contribution in [1.82, 2.24) is 14.3 Å². The van der Waals surface area contributed by atoms with Crippen LogP contribution in [0.1, 0.15) is 38.8 Å². The van der Waals surface area contributed by atoms with Gasteiger partial charge in [0.05, 0.1) is 15.2 Å². The van der Waals surface area contributed by atoms with Gasteiger partial charge in [0, 0.05) is 67.7 Å².